The van der Waals surface area contributed by atoms with Gasteiger partial charge in [0.15, 0.2) is 0 Å². The average Bonchev–Trinajstić information content (AvgIpc) is 2.43. The van der Waals surface area contributed by atoms with Crippen LogP contribution in [0.15, 0.2) is 33.7 Å². The van der Waals surface area contributed by atoms with E-state index in [0.29, 0.717) is 6.54 Å². The fourth-order valence-electron chi connectivity index (χ4n) is 2.49. The van der Waals surface area contributed by atoms with Gasteiger partial charge in [0.25, 0.3) is 5.56 Å². The maximum absolute atomic E-state index is 12.1. The van der Waals surface area contributed by atoms with Gasteiger partial charge in [-0.15, -0.1) is 0 Å². The number of hydrogen-bond donors (Lipinski definition) is 0. The van der Waals surface area contributed by atoms with E-state index in [1.165, 1.54) is 6.42 Å². The summed E-state index contributed by atoms with van der Waals surface area (Å²) in [5, 5.41) is 0. The first-order valence-electron chi connectivity index (χ1n) is 6.51. The van der Waals surface area contributed by atoms with E-state index >= 15 is 0 Å². The standard InChI is InChI=1S/C14H15BrN2O2/c15-10-7-13-12(16-8-10)4-5-14(18)17(13)9-11-3-1-2-6-19-11/h4-5,7-8,11H,1-3,6,9H2. The van der Waals surface area contributed by atoms with Crippen molar-refractivity contribution < 1.29 is 4.74 Å². The van der Waals surface area contributed by atoms with Gasteiger partial charge >= 0.3 is 0 Å². The minimum atomic E-state index is 0.00146. The van der Waals surface area contributed by atoms with Crippen LogP contribution in [0.1, 0.15) is 19.3 Å². The molecule has 5 heteroatoms. The summed E-state index contributed by atoms with van der Waals surface area (Å²) in [6, 6.07) is 5.28. The monoisotopic (exact) mass is 322 g/mol. The number of ether oxygens (including phenoxy) is 1. The molecule has 4 nitrogen and oxygen atoms in total. The minimum Gasteiger partial charge on any atom is -0.376 e. The van der Waals surface area contributed by atoms with Crippen molar-refractivity contribution in [1.29, 1.82) is 0 Å². The van der Waals surface area contributed by atoms with Crippen molar-refractivity contribution in [3.8, 4) is 0 Å². The number of rotatable bonds is 2. The van der Waals surface area contributed by atoms with E-state index in [4.69, 9.17) is 4.74 Å². The molecule has 0 amide bonds. The van der Waals surface area contributed by atoms with Crippen molar-refractivity contribution in [3.05, 3.63) is 39.2 Å². The maximum atomic E-state index is 12.1. The molecule has 19 heavy (non-hydrogen) atoms. The minimum absolute atomic E-state index is 0.00146. The molecule has 3 rings (SSSR count). The third-order valence-electron chi connectivity index (χ3n) is 3.46. The Bertz CT molecular complexity index is 647. The first-order chi connectivity index (χ1) is 9.24. The molecular formula is C14H15BrN2O2. The van der Waals surface area contributed by atoms with Crippen LogP contribution >= 0.6 is 15.9 Å². The van der Waals surface area contributed by atoms with Crippen LogP contribution in [-0.2, 0) is 11.3 Å². The summed E-state index contributed by atoms with van der Waals surface area (Å²) in [6.07, 6.45) is 5.19. The summed E-state index contributed by atoms with van der Waals surface area (Å²) in [5.41, 5.74) is 1.69. The van der Waals surface area contributed by atoms with Crippen LogP contribution in [-0.4, -0.2) is 22.3 Å². The molecule has 1 atom stereocenters. The second kappa shape index (κ2) is 5.43. The highest BCUT2D eigenvalue weighted by Crippen LogP contribution is 2.18. The summed E-state index contributed by atoms with van der Waals surface area (Å²) in [7, 11) is 0. The highest BCUT2D eigenvalue weighted by molar-refractivity contribution is 9.10. The number of nitrogens with zero attached hydrogens (tertiary/aromatic N) is 2. The molecule has 2 aromatic heterocycles. The summed E-state index contributed by atoms with van der Waals surface area (Å²) in [6.45, 7) is 1.40. The van der Waals surface area contributed by atoms with Crippen molar-refractivity contribution in [2.75, 3.05) is 6.61 Å². The molecule has 0 saturated carbocycles. The van der Waals surface area contributed by atoms with Crippen molar-refractivity contribution in [1.82, 2.24) is 9.55 Å². The predicted octanol–water partition coefficient (Wildman–Crippen LogP) is 2.73. The fourth-order valence-corrected chi connectivity index (χ4v) is 2.81. The smallest absolute Gasteiger partial charge is 0.251 e. The van der Waals surface area contributed by atoms with Crippen molar-refractivity contribution in [2.45, 2.75) is 31.9 Å². The highest BCUT2D eigenvalue weighted by Gasteiger charge is 2.16. The van der Waals surface area contributed by atoms with Gasteiger partial charge in [0.2, 0.25) is 0 Å². The first kappa shape index (κ1) is 12.8. The zero-order valence-electron chi connectivity index (χ0n) is 10.5. The van der Waals surface area contributed by atoms with Crippen LogP contribution in [0, 0.1) is 0 Å². The van der Waals surface area contributed by atoms with Gasteiger partial charge < -0.3 is 9.30 Å². The number of aromatic nitrogens is 2. The average molecular weight is 323 g/mol. The van der Waals surface area contributed by atoms with Crippen LogP contribution in [0.3, 0.4) is 0 Å². The van der Waals surface area contributed by atoms with E-state index in [-0.39, 0.29) is 11.7 Å². The first-order valence-corrected chi connectivity index (χ1v) is 7.30. The van der Waals surface area contributed by atoms with Gasteiger partial charge in [0.05, 0.1) is 23.7 Å². The highest BCUT2D eigenvalue weighted by atomic mass is 79.9. The number of fused-ring (bicyclic) bond motifs is 1. The Labute approximate surface area is 119 Å². The molecule has 3 heterocycles. The van der Waals surface area contributed by atoms with Gasteiger partial charge in [-0.1, -0.05) is 0 Å². The molecule has 0 bridgehead atoms. The van der Waals surface area contributed by atoms with Gasteiger partial charge in [-0.25, -0.2) is 0 Å². The molecular weight excluding hydrogens is 308 g/mol. The Morgan fingerprint density at radius 3 is 3.11 bits per heavy atom. The lowest BCUT2D eigenvalue weighted by Crippen LogP contribution is -2.30. The van der Waals surface area contributed by atoms with Gasteiger partial charge in [-0.05, 0) is 47.3 Å². The Hall–Kier alpha value is -1.20. The van der Waals surface area contributed by atoms with Crippen molar-refractivity contribution in [2.24, 2.45) is 0 Å². The summed E-state index contributed by atoms with van der Waals surface area (Å²) >= 11 is 3.41. The molecule has 1 unspecified atom stereocenters. The van der Waals surface area contributed by atoms with E-state index in [2.05, 4.69) is 20.9 Å². The van der Waals surface area contributed by atoms with Gasteiger partial charge in [0.1, 0.15) is 0 Å². The Kier molecular flexibility index (Phi) is 3.66. The summed E-state index contributed by atoms with van der Waals surface area (Å²) in [4.78, 5) is 16.4. The maximum Gasteiger partial charge on any atom is 0.251 e. The molecule has 100 valence electrons. The lowest BCUT2D eigenvalue weighted by molar-refractivity contribution is 0.00615. The van der Waals surface area contributed by atoms with Crippen LogP contribution in [0.5, 0.6) is 0 Å². The number of hydrogen-bond acceptors (Lipinski definition) is 3. The van der Waals surface area contributed by atoms with E-state index in [0.717, 1.165) is 35.0 Å². The lowest BCUT2D eigenvalue weighted by atomic mass is 10.1. The number of halogens is 1. The zero-order valence-corrected chi connectivity index (χ0v) is 12.1. The van der Waals surface area contributed by atoms with E-state index in [9.17, 15) is 4.79 Å². The molecule has 0 N–H and O–H groups in total. The third-order valence-corrected chi connectivity index (χ3v) is 3.90. The quantitative estimate of drug-likeness (QED) is 0.854. The van der Waals surface area contributed by atoms with Gasteiger partial charge in [-0.3, -0.25) is 9.78 Å². The Morgan fingerprint density at radius 1 is 1.42 bits per heavy atom. The SMILES string of the molecule is O=c1ccc2ncc(Br)cc2n1CC1CCCCO1. The van der Waals surface area contributed by atoms with E-state index in [1.54, 1.807) is 22.9 Å². The Balaban J connectivity index is 2.02. The molecule has 2 aromatic rings. The molecule has 0 spiro atoms. The van der Waals surface area contributed by atoms with E-state index in [1.807, 2.05) is 6.07 Å². The second-order valence-corrected chi connectivity index (χ2v) is 5.74. The lowest BCUT2D eigenvalue weighted by Gasteiger charge is -2.23. The molecule has 1 aliphatic rings. The summed E-state index contributed by atoms with van der Waals surface area (Å²) < 4.78 is 8.37. The van der Waals surface area contributed by atoms with Crippen LogP contribution < -0.4 is 5.56 Å². The molecule has 0 aliphatic carbocycles. The van der Waals surface area contributed by atoms with Gasteiger partial charge in [0, 0.05) is 23.3 Å². The topological polar surface area (TPSA) is 44.1 Å². The normalized spacial score (nSPS) is 19.7. The van der Waals surface area contributed by atoms with Crippen LogP contribution in [0.2, 0.25) is 0 Å². The fraction of sp³-hybridized carbons (Fsp3) is 0.429. The molecule has 0 aromatic carbocycles. The number of pyridine rings is 2. The molecule has 1 fully saturated rings. The van der Waals surface area contributed by atoms with Crippen molar-refractivity contribution in [3.63, 3.8) is 0 Å². The summed E-state index contributed by atoms with van der Waals surface area (Å²) in [5.74, 6) is 0. The molecule has 0 radical (unpaired) electrons. The Morgan fingerprint density at radius 2 is 2.32 bits per heavy atom. The largest absolute Gasteiger partial charge is 0.376 e. The molecule has 1 saturated heterocycles. The zero-order chi connectivity index (χ0) is 13.2. The van der Waals surface area contributed by atoms with E-state index < -0.39 is 0 Å². The van der Waals surface area contributed by atoms with Crippen molar-refractivity contribution >= 4 is 27.0 Å². The van der Waals surface area contributed by atoms with Gasteiger partial charge in [-0.2, -0.15) is 0 Å². The molecule has 1 aliphatic heterocycles. The second-order valence-electron chi connectivity index (χ2n) is 4.83. The van der Waals surface area contributed by atoms with Crippen LogP contribution in [0.4, 0.5) is 0 Å². The third kappa shape index (κ3) is 2.72. The van der Waals surface area contributed by atoms with Crippen LogP contribution in [0.25, 0.3) is 11.0 Å². The predicted molar refractivity (Wildman–Crippen MR) is 77.3 cm³/mol.